The maximum atomic E-state index is 9.92. The summed E-state index contributed by atoms with van der Waals surface area (Å²) in [5.41, 5.74) is 5.72. The van der Waals surface area contributed by atoms with E-state index in [1.165, 1.54) is 14.2 Å². The predicted octanol–water partition coefficient (Wildman–Crippen LogP) is 2.26. The second-order valence-electron chi connectivity index (χ2n) is 4.04. The van der Waals surface area contributed by atoms with Crippen molar-refractivity contribution in [3.05, 3.63) is 16.7 Å². The third-order valence-corrected chi connectivity index (χ3v) is 2.63. The van der Waals surface area contributed by atoms with E-state index in [9.17, 15) is 5.11 Å². The van der Waals surface area contributed by atoms with Crippen LogP contribution in [0.2, 0.25) is 5.02 Å². The molecular formula is C11H16ClNO3. The third-order valence-electron chi connectivity index (χ3n) is 2.28. The molecule has 0 saturated carbocycles. The number of hydrogen-bond donors (Lipinski definition) is 2. The van der Waals surface area contributed by atoms with Gasteiger partial charge in [-0.3, -0.25) is 0 Å². The molecule has 90 valence electrons. The van der Waals surface area contributed by atoms with Gasteiger partial charge in [0.1, 0.15) is 10.8 Å². The number of ether oxygens (including phenoxy) is 2. The standard InChI is InChI=1S/C11H16ClNO3/c1-11(2,13)6-5-7(15-3)10(16-4)8(12)9(6)14/h5,14H,13H2,1-4H3. The fraction of sp³-hybridized carbons (Fsp3) is 0.455. The lowest BCUT2D eigenvalue weighted by atomic mass is 9.94. The molecule has 1 rings (SSSR count). The molecule has 0 fully saturated rings. The van der Waals surface area contributed by atoms with Gasteiger partial charge in [-0.2, -0.15) is 0 Å². The minimum Gasteiger partial charge on any atom is -0.506 e. The maximum Gasteiger partial charge on any atom is 0.183 e. The Balaban J connectivity index is 3.51. The average molecular weight is 246 g/mol. The van der Waals surface area contributed by atoms with Crippen LogP contribution in [0.1, 0.15) is 19.4 Å². The Kier molecular flexibility index (Phi) is 3.55. The normalized spacial score (nSPS) is 11.4. The summed E-state index contributed by atoms with van der Waals surface area (Å²) in [5, 5.41) is 10.0. The van der Waals surface area contributed by atoms with E-state index in [1.807, 2.05) is 0 Å². The Labute approximate surface area is 99.9 Å². The van der Waals surface area contributed by atoms with Gasteiger partial charge in [0.25, 0.3) is 0 Å². The summed E-state index contributed by atoms with van der Waals surface area (Å²) in [6.07, 6.45) is 0. The highest BCUT2D eigenvalue weighted by molar-refractivity contribution is 6.33. The highest BCUT2D eigenvalue weighted by Crippen LogP contribution is 2.45. The van der Waals surface area contributed by atoms with Crippen molar-refractivity contribution >= 4 is 11.6 Å². The quantitative estimate of drug-likeness (QED) is 0.857. The first-order chi connectivity index (χ1) is 7.32. The van der Waals surface area contributed by atoms with Crippen molar-refractivity contribution < 1.29 is 14.6 Å². The molecule has 0 atom stereocenters. The summed E-state index contributed by atoms with van der Waals surface area (Å²) in [4.78, 5) is 0. The van der Waals surface area contributed by atoms with Gasteiger partial charge in [-0.1, -0.05) is 11.6 Å². The summed E-state index contributed by atoms with van der Waals surface area (Å²) < 4.78 is 10.2. The number of nitrogens with two attached hydrogens (primary N) is 1. The van der Waals surface area contributed by atoms with Crippen molar-refractivity contribution in [2.75, 3.05) is 14.2 Å². The second kappa shape index (κ2) is 4.39. The van der Waals surface area contributed by atoms with E-state index in [0.717, 1.165) is 0 Å². The molecule has 4 nitrogen and oxygen atoms in total. The molecule has 1 aromatic rings. The molecule has 0 aliphatic rings. The molecular weight excluding hydrogens is 230 g/mol. The van der Waals surface area contributed by atoms with Crippen LogP contribution in [-0.2, 0) is 5.54 Å². The number of halogens is 1. The number of rotatable bonds is 3. The zero-order chi connectivity index (χ0) is 12.5. The summed E-state index contributed by atoms with van der Waals surface area (Å²) >= 11 is 5.98. The Morgan fingerprint density at radius 1 is 1.31 bits per heavy atom. The van der Waals surface area contributed by atoms with Crippen molar-refractivity contribution in [2.24, 2.45) is 5.73 Å². The van der Waals surface area contributed by atoms with Crippen molar-refractivity contribution in [2.45, 2.75) is 19.4 Å². The van der Waals surface area contributed by atoms with Crippen LogP contribution in [0.5, 0.6) is 17.2 Å². The highest BCUT2D eigenvalue weighted by atomic mass is 35.5. The van der Waals surface area contributed by atoms with Gasteiger partial charge in [-0.25, -0.2) is 0 Å². The number of phenols is 1. The summed E-state index contributed by atoms with van der Waals surface area (Å²) in [6.45, 7) is 3.54. The van der Waals surface area contributed by atoms with E-state index in [1.54, 1.807) is 19.9 Å². The topological polar surface area (TPSA) is 64.7 Å². The molecule has 0 saturated heterocycles. The molecule has 0 amide bonds. The highest BCUT2D eigenvalue weighted by Gasteiger charge is 2.25. The minimum atomic E-state index is -0.715. The van der Waals surface area contributed by atoms with Crippen LogP contribution in [0.4, 0.5) is 0 Å². The number of benzene rings is 1. The van der Waals surface area contributed by atoms with Crippen LogP contribution >= 0.6 is 11.6 Å². The van der Waals surface area contributed by atoms with Crippen LogP contribution in [-0.4, -0.2) is 19.3 Å². The molecule has 1 aromatic carbocycles. The van der Waals surface area contributed by atoms with Crippen LogP contribution in [0.3, 0.4) is 0 Å². The predicted molar refractivity (Wildman–Crippen MR) is 63.4 cm³/mol. The maximum absolute atomic E-state index is 9.92. The molecule has 0 aromatic heterocycles. The van der Waals surface area contributed by atoms with Crippen molar-refractivity contribution in [3.8, 4) is 17.2 Å². The number of methoxy groups -OCH3 is 2. The molecule has 0 spiro atoms. The van der Waals surface area contributed by atoms with Gasteiger partial charge in [0, 0.05) is 11.1 Å². The first kappa shape index (κ1) is 12.9. The molecule has 5 heteroatoms. The lowest BCUT2D eigenvalue weighted by molar-refractivity contribution is 0.348. The molecule has 0 bridgehead atoms. The molecule has 3 N–H and O–H groups in total. The Bertz CT molecular complexity index is 399. The van der Waals surface area contributed by atoms with Gasteiger partial charge in [-0.15, -0.1) is 0 Å². The number of hydrogen-bond acceptors (Lipinski definition) is 4. The Morgan fingerprint density at radius 3 is 2.25 bits per heavy atom. The average Bonchev–Trinajstić information content (AvgIpc) is 2.19. The summed E-state index contributed by atoms with van der Waals surface area (Å²) in [6, 6.07) is 1.63. The van der Waals surface area contributed by atoms with Crippen LogP contribution in [0, 0.1) is 0 Å². The largest absolute Gasteiger partial charge is 0.506 e. The van der Waals surface area contributed by atoms with E-state index in [-0.39, 0.29) is 10.8 Å². The fourth-order valence-electron chi connectivity index (χ4n) is 1.43. The van der Waals surface area contributed by atoms with E-state index in [2.05, 4.69) is 0 Å². The summed E-state index contributed by atoms with van der Waals surface area (Å²) in [5.74, 6) is 0.667. The van der Waals surface area contributed by atoms with Gasteiger partial charge >= 0.3 is 0 Å². The molecule has 0 radical (unpaired) electrons. The van der Waals surface area contributed by atoms with Gasteiger partial charge in [0.15, 0.2) is 11.5 Å². The van der Waals surface area contributed by atoms with Crippen molar-refractivity contribution in [1.82, 2.24) is 0 Å². The van der Waals surface area contributed by atoms with Crippen LogP contribution < -0.4 is 15.2 Å². The van der Waals surface area contributed by atoms with Crippen molar-refractivity contribution in [3.63, 3.8) is 0 Å². The van der Waals surface area contributed by atoms with Crippen molar-refractivity contribution in [1.29, 1.82) is 0 Å². The Morgan fingerprint density at radius 2 is 1.88 bits per heavy atom. The first-order valence-electron chi connectivity index (χ1n) is 4.75. The molecule has 16 heavy (non-hydrogen) atoms. The van der Waals surface area contributed by atoms with E-state index in [4.69, 9.17) is 26.8 Å². The van der Waals surface area contributed by atoms with E-state index in [0.29, 0.717) is 17.1 Å². The molecule has 0 unspecified atom stereocenters. The number of aromatic hydroxyl groups is 1. The lowest BCUT2D eigenvalue weighted by Gasteiger charge is -2.23. The molecule has 0 aliphatic carbocycles. The molecule has 0 heterocycles. The zero-order valence-electron chi connectivity index (χ0n) is 9.80. The Hall–Kier alpha value is -1.13. The smallest absolute Gasteiger partial charge is 0.183 e. The van der Waals surface area contributed by atoms with E-state index < -0.39 is 5.54 Å². The third kappa shape index (κ3) is 2.18. The monoisotopic (exact) mass is 245 g/mol. The zero-order valence-corrected chi connectivity index (χ0v) is 10.6. The van der Waals surface area contributed by atoms with Gasteiger partial charge in [0.05, 0.1) is 14.2 Å². The van der Waals surface area contributed by atoms with Gasteiger partial charge in [0.2, 0.25) is 0 Å². The minimum absolute atomic E-state index is 0.0770. The van der Waals surface area contributed by atoms with Gasteiger partial charge < -0.3 is 20.3 Å². The lowest BCUT2D eigenvalue weighted by Crippen LogP contribution is -2.28. The van der Waals surface area contributed by atoms with Crippen LogP contribution in [0.25, 0.3) is 0 Å². The molecule has 0 aliphatic heterocycles. The second-order valence-corrected chi connectivity index (χ2v) is 4.42. The fourth-order valence-corrected chi connectivity index (χ4v) is 1.70. The summed E-state index contributed by atoms with van der Waals surface area (Å²) in [7, 11) is 2.95. The van der Waals surface area contributed by atoms with Gasteiger partial charge in [-0.05, 0) is 19.9 Å². The van der Waals surface area contributed by atoms with E-state index >= 15 is 0 Å². The van der Waals surface area contributed by atoms with Crippen LogP contribution in [0.15, 0.2) is 6.07 Å². The SMILES string of the molecule is COc1cc(C(C)(C)N)c(O)c(Cl)c1OC. The number of phenolic OH excluding ortho intramolecular Hbond substituents is 1. The first-order valence-corrected chi connectivity index (χ1v) is 5.13.